The first-order valence-corrected chi connectivity index (χ1v) is 12.5. The Balaban J connectivity index is 1.58. The van der Waals surface area contributed by atoms with Crippen LogP contribution in [0.15, 0.2) is 18.2 Å². The van der Waals surface area contributed by atoms with Gasteiger partial charge in [-0.05, 0) is 87.8 Å². The molecule has 1 atom stereocenters. The number of aryl methyl sites for hydroxylation is 2. The summed E-state index contributed by atoms with van der Waals surface area (Å²) in [5.41, 5.74) is 1.33. The van der Waals surface area contributed by atoms with Crippen LogP contribution < -0.4 is 10.1 Å². The van der Waals surface area contributed by atoms with E-state index in [9.17, 15) is 18.8 Å². The van der Waals surface area contributed by atoms with Crippen LogP contribution in [0.4, 0.5) is 14.7 Å². The minimum absolute atomic E-state index is 0.0337. The van der Waals surface area contributed by atoms with Crippen LogP contribution in [0.25, 0.3) is 6.08 Å². The molecule has 0 radical (unpaired) electrons. The topological polar surface area (TPSA) is 115 Å². The monoisotopic (exact) mass is 518 g/mol. The molecule has 1 unspecified atom stereocenters. The van der Waals surface area contributed by atoms with Crippen molar-refractivity contribution in [2.24, 2.45) is 11.8 Å². The number of carbonyl (C=O) groups is 1. The number of hydrogen-bond donors (Lipinski definition) is 1. The fourth-order valence-electron chi connectivity index (χ4n) is 6.24. The molecule has 2 aromatic rings. The third-order valence-corrected chi connectivity index (χ3v) is 7.99. The molecule has 4 aliphatic rings. The number of nitriles is 2. The Morgan fingerprint density at radius 2 is 1.89 bits per heavy atom. The minimum Gasteiger partial charge on any atom is -0.438 e. The van der Waals surface area contributed by atoms with Crippen LogP contribution >= 0.6 is 0 Å². The van der Waals surface area contributed by atoms with Gasteiger partial charge >= 0.3 is 0 Å². The molecule has 2 heterocycles. The maximum atomic E-state index is 13.5. The lowest BCUT2D eigenvalue weighted by Gasteiger charge is -2.39. The van der Waals surface area contributed by atoms with Crippen molar-refractivity contribution < 1.29 is 18.3 Å². The Kier molecular flexibility index (Phi) is 6.10. The van der Waals surface area contributed by atoms with Crippen molar-refractivity contribution in [1.29, 1.82) is 10.5 Å². The summed E-state index contributed by atoms with van der Waals surface area (Å²) in [6, 6.07) is 8.07. The summed E-state index contributed by atoms with van der Waals surface area (Å²) in [5, 5.41) is 21.6. The number of alkyl halides is 2. The molecule has 10 heteroatoms. The van der Waals surface area contributed by atoms with Gasteiger partial charge in [-0.2, -0.15) is 15.5 Å². The van der Waals surface area contributed by atoms with Crippen molar-refractivity contribution in [2.45, 2.75) is 64.5 Å². The van der Waals surface area contributed by atoms with E-state index in [0.29, 0.717) is 23.7 Å². The van der Waals surface area contributed by atoms with Crippen LogP contribution in [0.3, 0.4) is 0 Å². The molecule has 3 aliphatic carbocycles. The molecule has 2 bridgehead atoms. The number of ether oxygens (including phenoxy) is 1. The number of fused-ring (bicyclic) bond motifs is 2. The van der Waals surface area contributed by atoms with Crippen molar-refractivity contribution >= 4 is 17.9 Å². The second-order valence-corrected chi connectivity index (χ2v) is 11.0. The van der Waals surface area contributed by atoms with Crippen molar-refractivity contribution in [2.75, 3.05) is 11.9 Å². The molecule has 38 heavy (non-hydrogen) atoms. The second-order valence-electron chi connectivity index (χ2n) is 11.0. The van der Waals surface area contributed by atoms with E-state index in [1.165, 1.54) is 6.08 Å². The number of aromatic nitrogens is 2. The molecular weight excluding hydrogens is 490 g/mol. The normalized spacial score (nSPS) is 24.8. The van der Waals surface area contributed by atoms with Gasteiger partial charge in [0.2, 0.25) is 11.8 Å². The summed E-state index contributed by atoms with van der Waals surface area (Å²) in [7, 11) is 0. The maximum absolute atomic E-state index is 13.5. The third kappa shape index (κ3) is 4.14. The summed E-state index contributed by atoms with van der Waals surface area (Å²) >= 11 is 0. The summed E-state index contributed by atoms with van der Waals surface area (Å²) in [6.45, 7) is 6.35. The highest BCUT2D eigenvalue weighted by Crippen LogP contribution is 2.56. The largest absolute Gasteiger partial charge is 0.438 e. The van der Waals surface area contributed by atoms with Crippen LogP contribution in [0.2, 0.25) is 0 Å². The smallest absolute Gasteiger partial charge is 0.274 e. The van der Waals surface area contributed by atoms with Crippen LogP contribution in [-0.2, 0) is 5.54 Å². The molecule has 3 fully saturated rings. The van der Waals surface area contributed by atoms with E-state index in [1.807, 2.05) is 32.0 Å². The first-order chi connectivity index (χ1) is 18.0. The lowest BCUT2D eigenvalue weighted by Crippen LogP contribution is -2.43. The molecule has 8 nitrogen and oxygen atoms in total. The zero-order chi connectivity index (χ0) is 27.4. The average Bonchev–Trinajstić information content (AvgIpc) is 3.42. The van der Waals surface area contributed by atoms with Crippen molar-refractivity contribution in [3.05, 3.63) is 46.2 Å². The lowest BCUT2D eigenvalue weighted by atomic mass is 9.76. The van der Waals surface area contributed by atoms with Gasteiger partial charge in [-0.3, -0.25) is 4.79 Å². The quantitative estimate of drug-likeness (QED) is 0.483. The fraction of sp³-hybridized carbons (Fsp3) is 0.464. The third-order valence-electron chi connectivity index (χ3n) is 7.99. The Hall–Kier alpha value is -4.05. The predicted molar refractivity (Wildman–Crippen MR) is 136 cm³/mol. The van der Waals surface area contributed by atoms with Gasteiger partial charge in [0.05, 0.1) is 35.7 Å². The van der Waals surface area contributed by atoms with Gasteiger partial charge in [-0.25, -0.2) is 13.8 Å². The van der Waals surface area contributed by atoms with E-state index in [1.54, 1.807) is 19.9 Å². The van der Waals surface area contributed by atoms with Gasteiger partial charge < -0.3 is 15.0 Å². The molecule has 1 amide bonds. The number of nitrogens with one attached hydrogen (secondary N) is 1. The van der Waals surface area contributed by atoms with Gasteiger partial charge in [0, 0.05) is 11.6 Å². The van der Waals surface area contributed by atoms with Crippen LogP contribution in [0.5, 0.6) is 11.6 Å². The summed E-state index contributed by atoms with van der Waals surface area (Å²) in [6.07, 6.45) is 2.66. The maximum Gasteiger partial charge on any atom is 0.274 e. The Labute approximate surface area is 219 Å². The lowest BCUT2D eigenvalue weighted by molar-refractivity contribution is 0.0322. The molecule has 1 aromatic carbocycles. The number of anilines is 1. The van der Waals surface area contributed by atoms with Gasteiger partial charge in [0.1, 0.15) is 11.4 Å². The van der Waals surface area contributed by atoms with E-state index in [2.05, 4.69) is 21.4 Å². The number of rotatable bonds is 7. The van der Waals surface area contributed by atoms with Gasteiger partial charge in [-0.1, -0.05) is 0 Å². The van der Waals surface area contributed by atoms with Crippen LogP contribution in [-0.4, -0.2) is 39.3 Å². The van der Waals surface area contributed by atoms with E-state index >= 15 is 0 Å². The number of amides is 1. The SMILES string of the molecule is Cc1cc(/C=C/C#N)cc(C)c1Oc1nc(NC23CC(C#N)C(C2)C3)nc2c1C(C)(C)N(CC(F)F)C2=O. The highest BCUT2D eigenvalue weighted by atomic mass is 19.3. The van der Waals surface area contributed by atoms with E-state index in [4.69, 9.17) is 10.00 Å². The highest BCUT2D eigenvalue weighted by molar-refractivity contribution is 5.99. The number of hydrogen-bond acceptors (Lipinski definition) is 7. The molecule has 0 saturated heterocycles. The number of nitrogens with zero attached hydrogens (tertiary/aromatic N) is 5. The zero-order valence-corrected chi connectivity index (χ0v) is 21.7. The molecule has 1 aromatic heterocycles. The summed E-state index contributed by atoms with van der Waals surface area (Å²) in [4.78, 5) is 23.6. The number of carbonyl (C=O) groups excluding carboxylic acids is 1. The molecule has 196 valence electrons. The Morgan fingerprint density at radius 3 is 2.47 bits per heavy atom. The van der Waals surface area contributed by atoms with Crippen molar-refractivity contribution in [3.8, 4) is 23.8 Å². The molecule has 1 aliphatic heterocycles. The van der Waals surface area contributed by atoms with Gasteiger partial charge in [-0.15, -0.1) is 0 Å². The van der Waals surface area contributed by atoms with Crippen LogP contribution in [0.1, 0.15) is 65.9 Å². The number of allylic oxidation sites excluding steroid dienone is 1. The first kappa shape index (κ1) is 25.6. The molecule has 1 N–H and O–H groups in total. The number of benzene rings is 1. The Morgan fingerprint density at radius 1 is 1.21 bits per heavy atom. The van der Waals surface area contributed by atoms with Crippen molar-refractivity contribution in [1.82, 2.24) is 14.9 Å². The average molecular weight is 519 g/mol. The Bertz CT molecular complexity index is 1410. The molecule has 0 spiro atoms. The second kappa shape index (κ2) is 9.05. The predicted octanol–water partition coefficient (Wildman–Crippen LogP) is 5.48. The molecule has 6 rings (SSSR count). The summed E-state index contributed by atoms with van der Waals surface area (Å²) < 4.78 is 33.3. The van der Waals surface area contributed by atoms with E-state index in [0.717, 1.165) is 34.4 Å². The van der Waals surface area contributed by atoms with Crippen molar-refractivity contribution in [3.63, 3.8) is 0 Å². The number of halogens is 2. The van der Waals surface area contributed by atoms with E-state index < -0.39 is 24.4 Å². The zero-order valence-electron chi connectivity index (χ0n) is 21.7. The fourth-order valence-corrected chi connectivity index (χ4v) is 6.24. The van der Waals surface area contributed by atoms with E-state index in [-0.39, 0.29) is 29.0 Å². The molecule has 3 saturated carbocycles. The summed E-state index contributed by atoms with van der Waals surface area (Å²) in [5.74, 6) is 0.529. The van der Waals surface area contributed by atoms with Gasteiger partial charge in [0.25, 0.3) is 12.3 Å². The highest BCUT2D eigenvalue weighted by Gasteiger charge is 2.57. The first-order valence-electron chi connectivity index (χ1n) is 12.5. The van der Waals surface area contributed by atoms with Gasteiger partial charge in [0.15, 0.2) is 0 Å². The minimum atomic E-state index is -2.71. The molecular formula is C28H28F2N6O2. The standard InChI is InChI=1S/C28H28F2N6O2/c1-15-8-17(6-5-7-31)9-16(2)23(15)38-24-21-22(25(37)36(14-20(29)30)27(21,3)4)33-26(34-24)35-28-10-18(11-28)19(12-28)13-32/h5-6,8-9,18-20H,10-12,14H2,1-4H3,(H,33,34,35)/b6-5+. The van der Waals surface area contributed by atoms with Crippen LogP contribution in [0, 0.1) is 48.3 Å².